The Bertz CT molecular complexity index is 176. The fourth-order valence-corrected chi connectivity index (χ4v) is 1.34. The zero-order valence-electron chi connectivity index (χ0n) is 9.27. The van der Waals surface area contributed by atoms with Gasteiger partial charge in [0.1, 0.15) is 0 Å². The second-order valence-electron chi connectivity index (χ2n) is 3.93. The summed E-state index contributed by atoms with van der Waals surface area (Å²) in [5.74, 6) is 0.492. The van der Waals surface area contributed by atoms with Crippen molar-refractivity contribution in [1.82, 2.24) is 0 Å². The Hall–Kier alpha value is -0.520. The monoisotopic (exact) mass is 181 g/mol. The molecule has 13 heavy (non-hydrogen) atoms. The predicted octanol–water partition coefficient (Wildman–Crippen LogP) is 3.26. The first-order valence-electron chi connectivity index (χ1n) is 5.27. The highest BCUT2D eigenvalue weighted by Gasteiger charge is 2.11. The Morgan fingerprint density at radius 2 is 2.00 bits per heavy atom. The maximum absolute atomic E-state index is 6.01. The van der Waals surface area contributed by atoms with Crippen LogP contribution in [0.2, 0.25) is 0 Å². The number of rotatable bonds is 6. The van der Waals surface area contributed by atoms with E-state index >= 15 is 0 Å². The second-order valence-corrected chi connectivity index (χ2v) is 3.93. The molecule has 0 aromatic heterocycles. The van der Waals surface area contributed by atoms with Crippen molar-refractivity contribution in [3.8, 4) is 0 Å². The van der Waals surface area contributed by atoms with Gasteiger partial charge in [0.15, 0.2) is 0 Å². The van der Waals surface area contributed by atoms with Crippen molar-refractivity contribution < 1.29 is 0 Å². The lowest BCUT2D eigenvalue weighted by molar-refractivity contribution is 0.526. The van der Waals surface area contributed by atoms with E-state index in [1.165, 1.54) is 24.8 Å². The minimum absolute atomic E-state index is 0.148. The van der Waals surface area contributed by atoms with Gasteiger partial charge in [0.05, 0.1) is 0 Å². The van der Waals surface area contributed by atoms with Gasteiger partial charge in [0.2, 0.25) is 0 Å². The first kappa shape index (κ1) is 12.5. The summed E-state index contributed by atoms with van der Waals surface area (Å²) in [5, 5.41) is 0. The predicted molar refractivity (Wildman–Crippen MR) is 59.6 cm³/mol. The van der Waals surface area contributed by atoms with Crippen LogP contribution in [0.15, 0.2) is 17.9 Å². The second kappa shape index (κ2) is 6.94. The van der Waals surface area contributed by atoms with Gasteiger partial charge in [-0.1, -0.05) is 40.2 Å². The Balaban J connectivity index is 3.98. The zero-order chi connectivity index (χ0) is 10.3. The molecule has 0 radical (unpaired) electrons. The summed E-state index contributed by atoms with van der Waals surface area (Å²) in [6.07, 6.45) is 4.81. The van der Waals surface area contributed by atoms with E-state index in [0.717, 1.165) is 6.42 Å². The number of unbranched alkanes of at least 4 members (excludes halogenated alkanes) is 2. The molecule has 0 rings (SSSR count). The standard InChI is InChI=1S/C12H23N/c1-5-7-8-9-11(6-2)12(13)10(3)4/h10,12H,2,5,7-9,13H2,1,3-4H3. The fourth-order valence-electron chi connectivity index (χ4n) is 1.34. The summed E-state index contributed by atoms with van der Waals surface area (Å²) in [6.45, 7) is 10.2. The third-order valence-corrected chi connectivity index (χ3v) is 2.40. The molecule has 0 aromatic rings. The molecule has 0 amide bonds. The number of nitrogens with two attached hydrogens (primary N) is 1. The molecule has 0 bridgehead atoms. The van der Waals surface area contributed by atoms with Crippen LogP contribution in [-0.2, 0) is 0 Å². The van der Waals surface area contributed by atoms with Gasteiger partial charge in [-0.2, -0.15) is 0 Å². The summed E-state index contributed by atoms with van der Waals surface area (Å²) < 4.78 is 0. The van der Waals surface area contributed by atoms with E-state index in [1.54, 1.807) is 0 Å². The first-order chi connectivity index (χ1) is 6.13. The van der Waals surface area contributed by atoms with E-state index in [4.69, 9.17) is 5.73 Å². The molecule has 0 aromatic carbocycles. The largest absolute Gasteiger partial charge is 0.323 e. The topological polar surface area (TPSA) is 26.0 Å². The lowest BCUT2D eigenvalue weighted by atomic mass is 9.93. The molecule has 0 aliphatic heterocycles. The molecule has 1 unspecified atom stereocenters. The van der Waals surface area contributed by atoms with Crippen LogP contribution in [0.4, 0.5) is 0 Å². The van der Waals surface area contributed by atoms with Crippen LogP contribution in [0, 0.1) is 5.92 Å². The average molecular weight is 181 g/mol. The average Bonchev–Trinajstić information content (AvgIpc) is 2.11. The van der Waals surface area contributed by atoms with Crippen molar-refractivity contribution in [3.05, 3.63) is 17.9 Å². The van der Waals surface area contributed by atoms with E-state index < -0.39 is 0 Å². The molecule has 0 aliphatic rings. The van der Waals surface area contributed by atoms with Crippen molar-refractivity contribution in [3.63, 3.8) is 0 Å². The van der Waals surface area contributed by atoms with Gasteiger partial charge in [-0.3, -0.25) is 0 Å². The molecular weight excluding hydrogens is 158 g/mol. The van der Waals surface area contributed by atoms with Crippen molar-refractivity contribution in [1.29, 1.82) is 0 Å². The van der Waals surface area contributed by atoms with Crippen LogP contribution in [0.25, 0.3) is 0 Å². The minimum Gasteiger partial charge on any atom is -0.323 e. The lowest BCUT2D eigenvalue weighted by Gasteiger charge is -2.17. The van der Waals surface area contributed by atoms with Crippen LogP contribution < -0.4 is 5.73 Å². The summed E-state index contributed by atoms with van der Waals surface area (Å²) in [5.41, 5.74) is 10.2. The zero-order valence-corrected chi connectivity index (χ0v) is 9.27. The highest BCUT2D eigenvalue weighted by atomic mass is 14.6. The molecule has 1 atom stereocenters. The van der Waals surface area contributed by atoms with Gasteiger partial charge in [0, 0.05) is 6.04 Å². The molecule has 0 fully saturated rings. The van der Waals surface area contributed by atoms with E-state index in [0.29, 0.717) is 5.92 Å². The van der Waals surface area contributed by atoms with E-state index in [2.05, 4.69) is 33.1 Å². The van der Waals surface area contributed by atoms with E-state index in [9.17, 15) is 0 Å². The third-order valence-electron chi connectivity index (χ3n) is 2.40. The third kappa shape index (κ3) is 4.92. The van der Waals surface area contributed by atoms with Crippen molar-refractivity contribution in [2.75, 3.05) is 0 Å². The summed E-state index contributed by atoms with van der Waals surface area (Å²) in [7, 11) is 0. The van der Waals surface area contributed by atoms with Crippen molar-refractivity contribution in [2.45, 2.75) is 52.5 Å². The Kier molecular flexibility index (Phi) is 6.66. The van der Waals surface area contributed by atoms with Crippen LogP contribution in [0.1, 0.15) is 46.5 Å². The maximum atomic E-state index is 6.01. The van der Waals surface area contributed by atoms with Crippen LogP contribution in [0.3, 0.4) is 0 Å². The molecule has 0 heterocycles. The van der Waals surface area contributed by atoms with Gasteiger partial charge in [0.25, 0.3) is 0 Å². The molecule has 0 aliphatic carbocycles. The van der Waals surface area contributed by atoms with Gasteiger partial charge in [-0.15, -0.1) is 5.73 Å². The Morgan fingerprint density at radius 1 is 1.38 bits per heavy atom. The molecule has 76 valence electrons. The summed E-state index contributed by atoms with van der Waals surface area (Å²) in [6, 6.07) is 0.148. The summed E-state index contributed by atoms with van der Waals surface area (Å²) in [4.78, 5) is 0. The van der Waals surface area contributed by atoms with Crippen LogP contribution >= 0.6 is 0 Å². The highest BCUT2D eigenvalue weighted by Crippen LogP contribution is 2.15. The first-order valence-corrected chi connectivity index (χ1v) is 5.27. The highest BCUT2D eigenvalue weighted by molar-refractivity contribution is 5.08. The Labute approximate surface area is 82.7 Å². The molecule has 2 N–H and O–H groups in total. The van der Waals surface area contributed by atoms with E-state index in [-0.39, 0.29) is 6.04 Å². The molecule has 0 spiro atoms. The molecule has 1 nitrogen and oxygen atoms in total. The smallest absolute Gasteiger partial charge is 0.0352 e. The lowest BCUT2D eigenvalue weighted by Crippen LogP contribution is -2.28. The molecule has 1 heteroatoms. The van der Waals surface area contributed by atoms with Crippen molar-refractivity contribution in [2.24, 2.45) is 11.7 Å². The Morgan fingerprint density at radius 3 is 2.38 bits per heavy atom. The van der Waals surface area contributed by atoms with E-state index in [1.807, 2.05) is 0 Å². The van der Waals surface area contributed by atoms with Crippen LogP contribution in [0.5, 0.6) is 0 Å². The SMILES string of the molecule is C=C=C(CCCCC)C(N)C(C)C. The normalized spacial score (nSPS) is 12.7. The number of hydrogen-bond donors (Lipinski definition) is 1. The summed E-state index contributed by atoms with van der Waals surface area (Å²) >= 11 is 0. The van der Waals surface area contributed by atoms with Gasteiger partial charge in [-0.25, -0.2) is 0 Å². The quantitative estimate of drug-likeness (QED) is 0.494. The molecule has 0 saturated heterocycles. The van der Waals surface area contributed by atoms with Gasteiger partial charge in [-0.05, 0) is 24.3 Å². The fraction of sp³-hybridized carbons (Fsp3) is 0.750. The maximum Gasteiger partial charge on any atom is 0.0352 e. The van der Waals surface area contributed by atoms with Gasteiger partial charge < -0.3 is 5.73 Å². The molecular formula is C12H23N. The van der Waals surface area contributed by atoms with Gasteiger partial charge >= 0.3 is 0 Å². The van der Waals surface area contributed by atoms with Crippen LogP contribution in [-0.4, -0.2) is 6.04 Å². The van der Waals surface area contributed by atoms with Crippen molar-refractivity contribution >= 4 is 0 Å². The molecule has 0 saturated carbocycles. The minimum atomic E-state index is 0.148. The number of hydrogen-bond acceptors (Lipinski definition) is 1.